The van der Waals surface area contributed by atoms with Crippen molar-refractivity contribution in [3.8, 4) is 0 Å². The van der Waals surface area contributed by atoms with E-state index in [4.69, 9.17) is 0 Å². The van der Waals surface area contributed by atoms with Crippen LogP contribution in [0.3, 0.4) is 0 Å². The Morgan fingerprint density at radius 2 is 2.00 bits per heavy atom. The van der Waals surface area contributed by atoms with E-state index < -0.39 is 0 Å². The zero-order valence-corrected chi connectivity index (χ0v) is 11.1. The molecule has 0 saturated carbocycles. The Morgan fingerprint density at radius 1 is 1.20 bits per heavy atom. The highest BCUT2D eigenvalue weighted by molar-refractivity contribution is 5.94. The molecule has 0 aliphatic carbocycles. The van der Waals surface area contributed by atoms with E-state index in [1.54, 1.807) is 24.7 Å². The van der Waals surface area contributed by atoms with Crippen LogP contribution in [0.25, 0.3) is 5.65 Å². The highest BCUT2D eigenvalue weighted by atomic mass is 16.1. The van der Waals surface area contributed by atoms with Gasteiger partial charge < -0.3 is 9.72 Å². The number of carbonyl (C=O) groups excluding carboxylic acids is 1. The second-order valence-corrected chi connectivity index (χ2v) is 4.60. The zero-order chi connectivity index (χ0) is 13.9. The number of nitrogens with one attached hydrogen (secondary N) is 1. The maximum atomic E-state index is 12.1. The predicted molar refractivity (Wildman–Crippen MR) is 75.3 cm³/mol. The minimum absolute atomic E-state index is 0.102. The molecule has 3 rings (SSSR count). The molecule has 20 heavy (non-hydrogen) atoms. The first kappa shape index (κ1) is 12.3. The summed E-state index contributed by atoms with van der Waals surface area (Å²) in [7, 11) is 0. The van der Waals surface area contributed by atoms with Crippen molar-refractivity contribution in [2.24, 2.45) is 0 Å². The summed E-state index contributed by atoms with van der Waals surface area (Å²) in [5, 5.41) is 2.89. The maximum absolute atomic E-state index is 12.1. The van der Waals surface area contributed by atoms with Gasteiger partial charge in [0.05, 0.1) is 11.3 Å². The average Bonchev–Trinajstić information content (AvgIpc) is 2.85. The largest absolute Gasteiger partial charge is 0.348 e. The van der Waals surface area contributed by atoms with Gasteiger partial charge >= 0.3 is 0 Å². The molecular formula is C15H14N4O. The quantitative estimate of drug-likeness (QED) is 0.788. The number of nitrogens with zero attached hydrogens (tertiary/aromatic N) is 3. The van der Waals surface area contributed by atoms with Gasteiger partial charge in [0, 0.05) is 31.3 Å². The van der Waals surface area contributed by atoms with E-state index >= 15 is 0 Å². The lowest BCUT2D eigenvalue weighted by atomic mass is 10.2. The Kier molecular flexibility index (Phi) is 3.16. The summed E-state index contributed by atoms with van der Waals surface area (Å²) in [5.74, 6) is -0.102. The van der Waals surface area contributed by atoms with Crippen LogP contribution in [-0.2, 0) is 6.54 Å². The van der Waals surface area contributed by atoms with Crippen LogP contribution in [0.15, 0.2) is 49.1 Å². The minimum atomic E-state index is -0.102. The van der Waals surface area contributed by atoms with Crippen LogP contribution in [0, 0.1) is 6.92 Å². The van der Waals surface area contributed by atoms with E-state index in [9.17, 15) is 4.79 Å². The molecule has 3 aromatic heterocycles. The van der Waals surface area contributed by atoms with E-state index in [1.165, 1.54) is 0 Å². The number of imidazole rings is 1. The molecule has 0 bridgehead atoms. The molecule has 5 nitrogen and oxygen atoms in total. The third-order valence-electron chi connectivity index (χ3n) is 3.04. The van der Waals surface area contributed by atoms with Gasteiger partial charge in [-0.15, -0.1) is 0 Å². The minimum Gasteiger partial charge on any atom is -0.348 e. The van der Waals surface area contributed by atoms with E-state index in [1.807, 2.05) is 35.7 Å². The molecule has 0 fully saturated rings. The van der Waals surface area contributed by atoms with Gasteiger partial charge in [0.2, 0.25) is 0 Å². The molecule has 5 heteroatoms. The number of carbonyl (C=O) groups is 1. The SMILES string of the molecule is Cc1cn2cc(C(=O)NCc3ccncc3)ccc2n1. The predicted octanol–water partition coefficient (Wildman–Crippen LogP) is 1.97. The molecule has 0 saturated heterocycles. The smallest absolute Gasteiger partial charge is 0.253 e. The van der Waals surface area contributed by atoms with Crippen LogP contribution in [0.1, 0.15) is 21.6 Å². The standard InChI is InChI=1S/C15H14N4O/c1-11-9-19-10-13(2-3-14(19)18-11)15(20)17-8-12-4-6-16-7-5-12/h2-7,9-10H,8H2,1H3,(H,17,20). The number of aromatic nitrogens is 3. The molecule has 1 N–H and O–H groups in total. The van der Waals surface area contributed by atoms with Crippen molar-refractivity contribution in [3.63, 3.8) is 0 Å². The lowest BCUT2D eigenvalue weighted by molar-refractivity contribution is 0.0950. The normalized spacial score (nSPS) is 10.7. The van der Waals surface area contributed by atoms with Crippen molar-refractivity contribution in [1.82, 2.24) is 19.7 Å². The van der Waals surface area contributed by atoms with Crippen LogP contribution in [0.5, 0.6) is 0 Å². The summed E-state index contributed by atoms with van der Waals surface area (Å²) in [6, 6.07) is 7.38. The molecule has 0 spiro atoms. The second kappa shape index (κ2) is 5.13. The Balaban J connectivity index is 1.75. The van der Waals surface area contributed by atoms with Gasteiger partial charge in [-0.3, -0.25) is 9.78 Å². The second-order valence-electron chi connectivity index (χ2n) is 4.60. The number of pyridine rings is 2. The Hall–Kier alpha value is -2.69. The molecule has 0 radical (unpaired) electrons. The highest BCUT2D eigenvalue weighted by Gasteiger charge is 2.07. The zero-order valence-electron chi connectivity index (χ0n) is 11.1. The third kappa shape index (κ3) is 2.51. The molecule has 100 valence electrons. The van der Waals surface area contributed by atoms with Crippen molar-refractivity contribution in [1.29, 1.82) is 0 Å². The molecular weight excluding hydrogens is 252 g/mol. The fourth-order valence-electron chi connectivity index (χ4n) is 2.04. The topological polar surface area (TPSA) is 59.3 Å². The molecule has 0 aliphatic rings. The van der Waals surface area contributed by atoms with Crippen molar-refractivity contribution in [3.05, 3.63) is 65.9 Å². The van der Waals surface area contributed by atoms with Crippen molar-refractivity contribution < 1.29 is 4.79 Å². The Morgan fingerprint density at radius 3 is 2.80 bits per heavy atom. The number of amides is 1. The van der Waals surface area contributed by atoms with Crippen molar-refractivity contribution >= 4 is 11.6 Å². The van der Waals surface area contributed by atoms with Gasteiger partial charge in [0.25, 0.3) is 5.91 Å². The first-order valence-corrected chi connectivity index (χ1v) is 6.35. The van der Waals surface area contributed by atoms with Gasteiger partial charge in [0.15, 0.2) is 0 Å². The van der Waals surface area contributed by atoms with Gasteiger partial charge in [-0.1, -0.05) is 0 Å². The molecule has 0 aliphatic heterocycles. The monoisotopic (exact) mass is 266 g/mol. The Bertz CT molecular complexity index is 749. The van der Waals surface area contributed by atoms with Gasteiger partial charge in [-0.2, -0.15) is 0 Å². The number of hydrogen-bond donors (Lipinski definition) is 1. The average molecular weight is 266 g/mol. The summed E-state index contributed by atoms with van der Waals surface area (Å²) in [6.45, 7) is 2.42. The van der Waals surface area contributed by atoms with Crippen LogP contribution >= 0.6 is 0 Å². The molecule has 0 atom stereocenters. The highest BCUT2D eigenvalue weighted by Crippen LogP contribution is 2.07. The van der Waals surface area contributed by atoms with E-state index in [2.05, 4.69) is 15.3 Å². The molecule has 0 aromatic carbocycles. The van der Waals surface area contributed by atoms with Crippen LogP contribution in [0.2, 0.25) is 0 Å². The third-order valence-corrected chi connectivity index (χ3v) is 3.04. The van der Waals surface area contributed by atoms with Gasteiger partial charge in [-0.05, 0) is 36.8 Å². The summed E-state index contributed by atoms with van der Waals surface area (Å²) >= 11 is 0. The van der Waals surface area contributed by atoms with E-state index in [-0.39, 0.29) is 5.91 Å². The number of fused-ring (bicyclic) bond motifs is 1. The van der Waals surface area contributed by atoms with Crippen LogP contribution in [-0.4, -0.2) is 20.3 Å². The summed E-state index contributed by atoms with van der Waals surface area (Å²) in [4.78, 5) is 20.4. The fraction of sp³-hybridized carbons (Fsp3) is 0.133. The summed E-state index contributed by atoms with van der Waals surface area (Å²) in [5.41, 5.74) is 3.41. The number of hydrogen-bond acceptors (Lipinski definition) is 3. The summed E-state index contributed by atoms with van der Waals surface area (Å²) < 4.78 is 1.86. The van der Waals surface area contributed by atoms with Gasteiger partial charge in [0.1, 0.15) is 5.65 Å². The van der Waals surface area contributed by atoms with Crippen LogP contribution in [0.4, 0.5) is 0 Å². The molecule has 1 amide bonds. The summed E-state index contributed by atoms with van der Waals surface area (Å²) in [6.07, 6.45) is 7.11. The number of rotatable bonds is 3. The first-order chi connectivity index (χ1) is 9.72. The van der Waals surface area contributed by atoms with Crippen LogP contribution < -0.4 is 5.32 Å². The van der Waals surface area contributed by atoms with Crippen molar-refractivity contribution in [2.45, 2.75) is 13.5 Å². The Labute approximate surface area is 116 Å². The van der Waals surface area contributed by atoms with Gasteiger partial charge in [-0.25, -0.2) is 4.98 Å². The molecule has 3 aromatic rings. The lowest BCUT2D eigenvalue weighted by Gasteiger charge is -2.05. The van der Waals surface area contributed by atoms with E-state index in [0.29, 0.717) is 12.1 Å². The molecule has 0 unspecified atom stereocenters. The maximum Gasteiger partial charge on any atom is 0.253 e. The fourth-order valence-corrected chi connectivity index (χ4v) is 2.04. The number of aryl methyl sites for hydroxylation is 1. The van der Waals surface area contributed by atoms with Crippen molar-refractivity contribution in [2.75, 3.05) is 0 Å². The first-order valence-electron chi connectivity index (χ1n) is 6.35. The lowest BCUT2D eigenvalue weighted by Crippen LogP contribution is -2.23. The van der Waals surface area contributed by atoms with E-state index in [0.717, 1.165) is 16.9 Å². The molecule has 3 heterocycles.